The average molecular weight is 286 g/mol. The normalized spacial score (nSPS) is 21.8. The number of nitrogens with zero attached hydrogens (tertiary/aromatic N) is 1. The molecule has 112 valence electrons. The maximum absolute atomic E-state index is 12.8. The molecule has 4 nitrogen and oxygen atoms in total. The lowest BCUT2D eigenvalue weighted by Crippen LogP contribution is -2.47. The molecule has 0 saturated heterocycles. The third kappa shape index (κ3) is 2.80. The minimum absolute atomic E-state index is 0.0619. The third-order valence-electron chi connectivity index (χ3n) is 4.34. The van der Waals surface area contributed by atoms with E-state index in [1.165, 1.54) is 0 Å². The van der Waals surface area contributed by atoms with E-state index >= 15 is 0 Å². The van der Waals surface area contributed by atoms with Crippen LogP contribution in [0.5, 0.6) is 0 Å². The van der Waals surface area contributed by atoms with Crippen LogP contribution in [0.4, 0.5) is 5.69 Å². The topological polar surface area (TPSA) is 49.4 Å². The molecule has 1 saturated carbocycles. The molecule has 1 aromatic rings. The zero-order valence-electron chi connectivity index (χ0n) is 12.5. The predicted octanol–water partition coefficient (Wildman–Crippen LogP) is 2.73. The van der Waals surface area contributed by atoms with Crippen molar-refractivity contribution < 1.29 is 9.59 Å². The molecule has 1 fully saturated rings. The largest absolute Gasteiger partial charge is 0.340 e. The Hall–Kier alpha value is -1.84. The van der Waals surface area contributed by atoms with Gasteiger partial charge >= 0.3 is 0 Å². The number of fused-ring (bicyclic) bond motifs is 1. The highest BCUT2D eigenvalue weighted by Gasteiger charge is 2.42. The van der Waals surface area contributed by atoms with E-state index < -0.39 is 0 Å². The van der Waals surface area contributed by atoms with Gasteiger partial charge in [-0.2, -0.15) is 0 Å². The van der Waals surface area contributed by atoms with E-state index in [1.807, 2.05) is 23.1 Å². The molecule has 1 N–H and O–H groups in total. The summed E-state index contributed by atoms with van der Waals surface area (Å²) in [5.41, 5.74) is 1.38. The summed E-state index contributed by atoms with van der Waals surface area (Å²) >= 11 is 0. The van der Waals surface area contributed by atoms with Crippen molar-refractivity contribution in [1.29, 1.82) is 0 Å². The third-order valence-corrected chi connectivity index (χ3v) is 4.34. The molecule has 1 atom stereocenters. The van der Waals surface area contributed by atoms with Gasteiger partial charge in [0.2, 0.25) is 5.91 Å². The van der Waals surface area contributed by atoms with Crippen molar-refractivity contribution in [1.82, 2.24) is 5.32 Å². The number of unbranched alkanes of at least 4 members (excludes halogenated alkanes) is 2. The zero-order chi connectivity index (χ0) is 14.8. The molecule has 4 heteroatoms. The lowest BCUT2D eigenvalue weighted by molar-refractivity contribution is -0.120. The van der Waals surface area contributed by atoms with Crippen molar-refractivity contribution in [3.8, 4) is 0 Å². The molecule has 2 amide bonds. The quantitative estimate of drug-likeness (QED) is 0.846. The van der Waals surface area contributed by atoms with E-state index in [9.17, 15) is 9.59 Å². The molecule has 1 heterocycles. The van der Waals surface area contributed by atoms with Crippen molar-refractivity contribution >= 4 is 17.5 Å². The van der Waals surface area contributed by atoms with Crippen molar-refractivity contribution in [3.63, 3.8) is 0 Å². The molecule has 1 aromatic carbocycles. The molecule has 2 aliphatic rings. The minimum Gasteiger partial charge on any atom is -0.340 e. The van der Waals surface area contributed by atoms with Gasteiger partial charge in [-0.3, -0.25) is 9.59 Å². The van der Waals surface area contributed by atoms with Crippen LogP contribution in [-0.2, 0) is 4.79 Å². The Morgan fingerprint density at radius 2 is 1.95 bits per heavy atom. The number of amides is 2. The number of hydrogen-bond donors (Lipinski definition) is 1. The smallest absolute Gasteiger partial charge is 0.254 e. The molecule has 1 aliphatic heterocycles. The fourth-order valence-corrected chi connectivity index (χ4v) is 2.97. The second kappa shape index (κ2) is 5.88. The van der Waals surface area contributed by atoms with Crippen LogP contribution in [0, 0.1) is 5.92 Å². The summed E-state index contributed by atoms with van der Waals surface area (Å²) in [5.74, 6) is 0.269. The second-order valence-corrected chi connectivity index (χ2v) is 6.00. The number of rotatable bonds is 5. The lowest BCUT2D eigenvalue weighted by atomic mass is 10.1. The number of benzene rings is 1. The van der Waals surface area contributed by atoms with E-state index in [-0.39, 0.29) is 17.9 Å². The number of carbonyl (C=O) groups excluding carboxylic acids is 2. The Balaban J connectivity index is 1.93. The van der Waals surface area contributed by atoms with Crippen LogP contribution >= 0.6 is 0 Å². The second-order valence-electron chi connectivity index (χ2n) is 6.00. The van der Waals surface area contributed by atoms with Gasteiger partial charge in [0.1, 0.15) is 6.04 Å². The number of carbonyl (C=O) groups is 2. The first-order valence-corrected chi connectivity index (χ1v) is 7.93. The fourth-order valence-electron chi connectivity index (χ4n) is 2.97. The Morgan fingerprint density at radius 3 is 2.67 bits per heavy atom. The highest BCUT2D eigenvalue weighted by Crippen LogP contribution is 2.36. The lowest BCUT2D eigenvalue weighted by Gasteiger charge is -2.25. The van der Waals surface area contributed by atoms with Crippen LogP contribution in [-0.4, -0.2) is 24.4 Å². The molecule has 3 rings (SSSR count). The summed E-state index contributed by atoms with van der Waals surface area (Å²) in [7, 11) is 0. The fraction of sp³-hybridized carbons (Fsp3) is 0.529. The van der Waals surface area contributed by atoms with E-state index in [4.69, 9.17) is 0 Å². The molecular formula is C17H22N2O2. The molecule has 0 bridgehead atoms. The number of nitrogens with one attached hydrogen (secondary N) is 1. The summed E-state index contributed by atoms with van der Waals surface area (Å²) in [4.78, 5) is 27.0. The van der Waals surface area contributed by atoms with Gasteiger partial charge in [0, 0.05) is 6.54 Å². The molecule has 1 aliphatic carbocycles. The number of hydrogen-bond acceptors (Lipinski definition) is 2. The maximum atomic E-state index is 12.8. The first-order valence-electron chi connectivity index (χ1n) is 7.93. The predicted molar refractivity (Wildman–Crippen MR) is 82.3 cm³/mol. The van der Waals surface area contributed by atoms with Gasteiger partial charge in [-0.15, -0.1) is 0 Å². The van der Waals surface area contributed by atoms with Crippen molar-refractivity contribution in [2.45, 2.75) is 45.1 Å². The SMILES string of the molecule is CCCCCN1C(=O)C(C2CC2)NC(=O)c2ccccc21. The van der Waals surface area contributed by atoms with E-state index in [2.05, 4.69) is 12.2 Å². The number of anilines is 1. The maximum Gasteiger partial charge on any atom is 0.254 e. The standard InChI is InChI=1S/C17H22N2O2/c1-2-3-6-11-19-14-8-5-4-7-13(14)16(20)18-15(17(19)21)12-9-10-12/h4-5,7-8,12,15H,2-3,6,9-11H2,1H3,(H,18,20). The van der Waals surface area contributed by atoms with Gasteiger partial charge in [-0.05, 0) is 37.3 Å². The van der Waals surface area contributed by atoms with E-state index in [0.717, 1.165) is 37.8 Å². The molecule has 0 aromatic heterocycles. The zero-order valence-corrected chi connectivity index (χ0v) is 12.5. The summed E-state index contributed by atoms with van der Waals surface area (Å²) in [6.45, 7) is 2.85. The molecule has 1 unspecified atom stereocenters. The molecule has 0 radical (unpaired) electrons. The highest BCUT2D eigenvalue weighted by atomic mass is 16.2. The van der Waals surface area contributed by atoms with Crippen LogP contribution in [0.3, 0.4) is 0 Å². The molecule has 0 spiro atoms. The van der Waals surface area contributed by atoms with Crippen LogP contribution in [0.1, 0.15) is 49.4 Å². The summed E-state index contributed by atoms with van der Waals surface area (Å²) in [6.07, 6.45) is 5.27. The highest BCUT2D eigenvalue weighted by molar-refractivity contribution is 6.11. The van der Waals surface area contributed by atoms with Crippen molar-refractivity contribution in [2.24, 2.45) is 5.92 Å². The molecular weight excluding hydrogens is 264 g/mol. The van der Waals surface area contributed by atoms with Gasteiger partial charge in [0.25, 0.3) is 5.91 Å². The van der Waals surface area contributed by atoms with Gasteiger partial charge < -0.3 is 10.2 Å². The Bertz CT molecular complexity index is 551. The Kier molecular flexibility index (Phi) is 3.95. The van der Waals surface area contributed by atoms with Crippen LogP contribution in [0.25, 0.3) is 0 Å². The van der Waals surface area contributed by atoms with Crippen LogP contribution < -0.4 is 10.2 Å². The molecule has 21 heavy (non-hydrogen) atoms. The first-order chi connectivity index (χ1) is 10.2. The summed E-state index contributed by atoms with van der Waals surface area (Å²) < 4.78 is 0. The minimum atomic E-state index is -0.341. The van der Waals surface area contributed by atoms with Crippen LogP contribution in [0.2, 0.25) is 0 Å². The van der Waals surface area contributed by atoms with Gasteiger partial charge in [0.05, 0.1) is 11.3 Å². The van der Waals surface area contributed by atoms with Gasteiger partial charge in [0.15, 0.2) is 0 Å². The number of para-hydroxylation sites is 1. The van der Waals surface area contributed by atoms with Crippen molar-refractivity contribution in [3.05, 3.63) is 29.8 Å². The van der Waals surface area contributed by atoms with E-state index in [0.29, 0.717) is 18.0 Å². The average Bonchev–Trinajstić information content (AvgIpc) is 3.33. The first kappa shape index (κ1) is 14.1. The monoisotopic (exact) mass is 286 g/mol. The summed E-state index contributed by atoms with van der Waals surface area (Å²) in [5, 5.41) is 2.94. The van der Waals surface area contributed by atoms with Crippen molar-refractivity contribution in [2.75, 3.05) is 11.4 Å². The van der Waals surface area contributed by atoms with Gasteiger partial charge in [-0.25, -0.2) is 0 Å². The van der Waals surface area contributed by atoms with Crippen LogP contribution in [0.15, 0.2) is 24.3 Å². The van der Waals surface area contributed by atoms with Gasteiger partial charge in [-0.1, -0.05) is 31.9 Å². The Labute approximate surface area is 125 Å². The van der Waals surface area contributed by atoms with E-state index in [1.54, 1.807) is 6.07 Å². The summed E-state index contributed by atoms with van der Waals surface area (Å²) in [6, 6.07) is 7.09. The Morgan fingerprint density at radius 1 is 1.19 bits per heavy atom.